The summed E-state index contributed by atoms with van der Waals surface area (Å²) in [5, 5.41) is 6.84. The molecule has 0 saturated carbocycles. The smallest absolute Gasteiger partial charge is 0.0578 e. The third kappa shape index (κ3) is 2.87. The molecule has 1 saturated heterocycles. The Hall–Kier alpha value is -0.790. The van der Waals surface area contributed by atoms with Gasteiger partial charge in [0.15, 0.2) is 0 Å². The first-order valence-electron chi connectivity index (χ1n) is 5.82. The van der Waals surface area contributed by atoms with E-state index in [1.807, 2.05) is 7.05 Å². The van der Waals surface area contributed by atoms with Gasteiger partial charge in [-0.15, -0.1) is 0 Å². The van der Waals surface area contributed by atoms with Crippen LogP contribution in [0.5, 0.6) is 0 Å². The third-order valence-electron chi connectivity index (χ3n) is 3.09. The Morgan fingerprint density at radius 3 is 2.44 bits per heavy atom. The van der Waals surface area contributed by atoms with Crippen molar-refractivity contribution in [2.24, 2.45) is 0 Å². The first-order valence-corrected chi connectivity index (χ1v) is 6.34. The lowest BCUT2D eigenvalue weighted by Gasteiger charge is -2.30. The molecular formula is C12H20N3P. The van der Waals surface area contributed by atoms with Gasteiger partial charge in [0.2, 0.25) is 0 Å². The van der Waals surface area contributed by atoms with E-state index >= 15 is 0 Å². The van der Waals surface area contributed by atoms with Gasteiger partial charge < -0.3 is 10.6 Å². The average Bonchev–Trinajstić information content (AvgIpc) is 2.33. The van der Waals surface area contributed by atoms with Crippen LogP contribution in [0.3, 0.4) is 0 Å². The second-order valence-corrected chi connectivity index (χ2v) is 4.98. The standard InChI is InChI=1S/C12H20N3P/c1-13-11-4-2-3-5-12(11)14-10-6-8-15(16)9-7-10/h2-5,10,13-14H,6-9,16H2,1H3. The molecule has 1 aliphatic rings. The van der Waals surface area contributed by atoms with E-state index in [0.29, 0.717) is 6.04 Å². The molecule has 88 valence electrons. The summed E-state index contributed by atoms with van der Waals surface area (Å²) < 4.78 is 2.31. The van der Waals surface area contributed by atoms with Gasteiger partial charge in [-0.1, -0.05) is 21.5 Å². The minimum Gasteiger partial charge on any atom is -0.386 e. The van der Waals surface area contributed by atoms with E-state index in [4.69, 9.17) is 0 Å². The van der Waals surface area contributed by atoms with E-state index in [1.54, 1.807) is 0 Å². The van der Waals surface area contributed by atoms with Crippen LogP contribution < -0.4 is 10.6 Å². The summed E-state index contributed by atoms with van der Waals surface area (Å²) in [6.45, 7) is 2.31. The zero-order valence-electron chi connectivity index (χ0n) is 9.74. The number of hydrogen-bond acceptors (Lipinski definition) is 3. The molecule has 1 heterocycles. The highest BCUT2D eigenvalue weighted by molar-refractivity contribution is 7.13. The third-order valence-corrected chi connectivity index (χ3v) is 3.60. The summed E-state index contributed by atoms with van der Waals surface area (Å²) in [6.07, 6.45) is 2.42. The molecule has 1 aliphatic heterocycles. The molecule has 0 spiro atoms. The molecule has 1 aromatic carbocycles. The summed E-state index contributed by atoms with van der Waals surface area (Å²) >= 11 is 0. The first-order chi connectivity index (χ1) is 7.79. The zero-order valence-corrected chi connectivity index (χ0v) is 10.9. The van der Waals surface area contributed by atoms with Gasteiger partial charge in [-0.25, -0.2) is 0 Å². The predicted molar refractivity (Wildman–Crippen MR) is 73.9 cm³/mol. The van der Waals surface area contributed by atoms with Gasteiger partial charge in [0, 0.05) is 26.2 Å². The molecule has 1 fully saturated rings. The number of nitrogens with zero attached hydrogens (tertiary/aromatic N) is 1. The molecule has 3 nitrogen and oxygen atoms in total. The van der Waals surface area contributed by atoms with Gasteiger partial charge in [0.25, 0.3) is 0 Å². The highest BCUT2D eigenvalue weighted by atomic mass is 31.0. The summed E-state index contributed by atoms with van der Waals surface area (Å²) in [6, 6.07) is 8.98. The number of nitrogens with one attached hydrogen (secondary N) is 2. The van der Waals surface area contributed by atoms with Crippen molar-refractivity contribution >= 4 is 20.8 Å². The Kier molecular flexibility index (Phi) is 4.03. The molecule has 2 N–H and O–H groups in total. The maximum atomic E-state index is 3.62. The molecule has 0 aliphatic carbocycles. The molecule has 2 rings (SSSR count). The van der Waals surface area contributed by atoms with Crippen LogP contribution in [0.25, 0.3) is 0 Å². The molecule has 0 bridgehead atoms. The molecule has 0 aromatic heterocycles. The van der Waals surface area contributed by atoms with Crippen molar-refractivity contribution in [1.82, 2.24) is 4.67 Å². The van der Waals surface area contributed by atoms with Gasteiger partial charge >= 0.3 is 0 Å². The Labute approximate surface area is 99.9 Å². The van der Waals surface area contributed by atoms with Crippen LogP contribution in [0.2, 0.25) is 0 Å². The van der Waals surface area contributed by atoms with Crippen LogP contribution in [-0.2, 0) is 0 Å². The lowest BCUT2D eigenvalue weighted by atomic mass is 10.1. The maximum Gasteiger partial charge on any atom is 0.0578 e. The SMILES string of the molecule is CNc1ccccc1NC1CCN(P)CC1. The van der Waals surface area contributed by atoms with E-state index in [1.165, 1.54) is 24.2 Å². The maximum absolute atomic E-state index is 3.62. The first kappa shape index (κ1) is 11.7. The normalized spacial score (nSPS) is 18.4. The zero-order chi connectivity index (χ0) is 11.4. The summed E-state index contributed by atoms with van der Waals surface area (Å²) in [5.74, 6) is 0. The van der Waals surface area contributed by atoms with E-state index in [-0.39, 0.29) is 0 Å². The van der Waals surface area contributed by atoms with Crippen molar-refractivity contribution in [2.45, 2.75) is 18.9 Å². The molecular weight excluding hydrogens is 217 g/mol. The van der Waals surface area contributed by atoms with E-state index in [2.05, 4.69) is 49.0 Å². The van der Waals surface area contributed by atoms with Crippen molar-refractivity contribution in [3.05, 3.63) is 24.3 Å². The van der Waals surface area contributed by atoms with E-state index < -0.39 is 0 Å². The van der Waals surface area contributed by atoms with Gasteiger partial charge in [0.1, 0.15) is 0 Å². The number of hydrogen-bond donors (Lipinski definition) is 2. The summed E-state index contributed by atoms with van der Waals surface area (Å²) in [4.78, 5) is 0. The predicted octanol–water partition coefficient (Wildman–Crippen LogP) is 2.39. The molecule has 0 radical (unpaired) electrons. The Morgan fingerprint density at radius 1 is 1.19 bits per heavy atom. The fourth-order valence-electron chi connectivity index (χ4n) is 2.09. The van der Waals surface area contributed by atoms with Crippen LogP contribution in [0, 0.1) is 0 Å². The van der Waals surface area contributed by atoms with Gasteiger partial charge in [-0.2, -0.15) is 0 Å². The van der Waals surface area contributed by atoms with Crippen LogP contribution in [-0.4, -0.2) is 30.8 Å². The minimum atomic E-state index is 0.603. The number of para-hydroxylation sites is 2. The quantitative estimate of drug-likeness (QED) is 0.790. The van der Waals surface area contributed by atoms with Crippen molar-refractivity contribution in [2.75, 3.05) is 30.8 Å². The lowest BCUT2D eigenvalue weighted by Crippen LogP contribution is -2.34. The fraction of sp³-hybridized carbons (Fsp3) is 0.500. The Balaban J connectivity index is 1.98. The Bertz CT molecular complexity index is 335. The minimum absolute atomic E-state index is 0.603. The van der Waals surface area contributed by atoms with Gasteiger partial charge in [-0.05, 0) is 25.0 Å². The summed E-state index contributed by atoms with van der Waals surface area (Å²) in [7, 11) is 4.75. The lowest BCUT2D eigenvalue weighted by molar-refractivity contribution is 0.357. The second-order valence-electron chi connectivity index (χ2n) is 4.25. The highest BCUT2D eigenvalue weighted by Gasteiger charge is 2.16. The van der Waals surface area contributed by atoms with E-state index in [0.717, 1.165) is 13.1 Å². The van der Waals surface area contributed by atoms with Gasteiger partial charge in [-0.3, -0.25) is 4.67 Å². The van der Waals surface area contributed by atoms with Crippen molar-refractivity contribution < 1.29 is 0 Å². The molecule has 4 heteroatoms. The topological polar surface area (TPSA) is 27.3 Å². The number of anilines is 2. The number of benzene rings is 1. The van der Waals surface area contributed by atoms with Gasteiger partial charge in [0.05, 0.1) is 11.4 Å². The molecule has 0 amide bonds. The Morgan fingerprint density at radius 2 is 1.81 bits per heavy atom. The average molecular weight is 237 g/mol. The van der Waals surface area contributed by atoms with Crippen LogP contribution >= 0.6 is 9.39 Å². The van der Waals surface area contributed by atoms with Crippen molar-refractivity contribution in [3.8, 4) is 0 Å². The van der Waals surface area contributed by atoms with E-state index in [9.17, 15) is 0 Å². The largest absolute Gasteiger partial charge is 0.386 e. The number of piperidine rings is 1. The highest BCUT2D eigenvalue weighted by Crippen LogP contribution is 2.24. The molecule has 1 aromatic rings. The fourth-order valence-corrected chi connectivity index (χ4v) is 2.39. The van der Waals surface area contributed by atoms with Crippen LogP contribution in [0.1, 0.15) is 12.8 Å². The van der Waals surface area contributed by atoms with Crippen LogP contribution in [0.4, 0.5) is 11.4 Å². The van der Waals surface area contributed by atoms with Crippen molar-refractivity contribution in [1.29, 1.82) is 0 Å². The molecule has 1 atom stereocenters. The second kappa shape index (κ2) is 5.51. The van der Waals surface area contributed by atoms with Crippen LogP contribution in [0.15, 0.2) is 24.3 Å². The summed E-state index contributed by atoms with van der Waals surface area (Å²) in [5.41, 5.74) is 2.39. The monoisotopic (exact) mass is 237 g/mol. The molecule has 1 unspecified atom stereocenters. The number of rotatable bonds is 3. The van der Waals surface area contributed by atoms with Crippen molar-refractivity contribution in [3.63, 3.8) is 0 Å². The molecule has 16 heavy (non-hydrogen) atoms.